The zero-order valence-corrected chi connectivity index (χ0v) is 12.0. The molecule has 1 amide bonds. The molecule has 0 fully saturated rings. The van der Waals surface area contributed by atoms with Crippen molar-refractivity contribution in [2.24, 2.45) is 0 Å². The van der Waals surface area contributed by atoms with Gasteiger partial charge in [0.15, 0.2) is 0 Å². The van der Waals surface area contributed by atoms with E-state index >= 15 is 0 Å². The maximum absolute atomic E-state index is 13.3. The summed E-state index contributed by atoms with van der Waals surface area (Å²) in [5, 5.41) is 11.0. The Morgan fingerprint density at radius 3 is 2.71 bits per heavy atom. The van der Waals surface area contributed by atoms with Crippen molar-refractivity contribution < 1.29 is 19.1 Å². The lowest BCUT2D eigenvalue weighted by Crippen LogP contribution is -2.10. The second-order valence-corrected chi connectivity index (χ2v) is 5.48. The van der Waals surface area contributed by atoms with Crippen LogP contribution in [0.4, 0.5) is 10.1 Å². The predicted octanol–water partition coefficient (Wildman–Crippen LogP) is 3.89. The molecular weight excluding hydrogens is 317 g/mol. The number of benzene rings is 1. The summed E-state index contributed by atoms with van der Waals surface area (Å²) in [6, 6.07) is 7.15. The van der Waals surface area contributed by atoms with Crippen LogP contribution in [-0.2, 0) is 4.79 Å². The van der Waals surface area contributed by atoms with Gasteiger partial charge in [-0.15, -0.1) is 11.3 Å². The number of carboxylic acid groups (broad SMARTS) is 1. The van der Waals surface area contributed by atoms with Crippen molar-refractivity contribution in [2.75, 3.05) is 5.32 Å². The van der Waals surface area contributed by atoms with Gasteiger partial charge in [-0.2, -0.15) is 0 Å². The number of hydrogen-bond donors (Lipinski definition) is 2. The summed E-state index contributed by atoms with van der Waals surface area (Å²) in [6.45, 7) is 0. The number of aliphatic carboxylic acids is 1. The van der Waals surface area contributed by atoms with Gasteiger partial charge in [0.2, 0.25) is 0 Å². The van der Waals surface area contributed by atoms with Gasteiger partial charge in [0.25, 0.3) is 5.91 Å². The minimum atomic E-state index is -1.06. The molecule has 2 aromatic rings. The second kappa shape index (κ2) is 6.51. The van der Waals surface area contributed by atoms with Crippen molar-refractivity contribution >= 4 is 46.6 Å². The third-order valence-corrected chi connectivity index (χ3v) is 3.77. The van der Waals surface area contributed by atoms with E-state index in [-0.39, 0.29) is 10.7 Å². The third kappa shape index (κ3) is 4.14. The Morgan fingerprint density at radius 1 is 1.29 bits per heavy atom. The Bertz CT molecular complexity index is 727. The molecule has 0 spiro atoms. The highest BCUT2D eigenvalue weighted by Gasteiger charge is 2.10. The number of carbonyl (C=O) groups is 2. The number of hydrogen-bond acceptors (Lipinski definition) is 3. The molecule has 0 saturated heterocycles. The van der Waals surface area contributed by atoms with Gasteiger partial charge in [-0.1, -0.05) is 11.6 Å². The first kappa shape index (κ1) is 15.2. The molecule has 2 N–H and O–H groups in total. The molecule has 0 aliphatic carbocycles. The SMILES string of the molecule is O=C(O)C=Cc1ccc(C(=O)Nc2ccc(Cl)c(F)c2)s1. The van der Waals surface area contributed by atoms with Gasteiger partial charge < -0.3 is 10.4 Å². The molecule has 0 unspecified atom stereocenters. The molecule has 2 rings (SSSR count). The molecule has 108 valence electrons. The molecule has 0 aliphatic heterocycles. The molecule has 21 heavy (non-hydrogen) atoms. The Morgan fingerprint density at radius 2 is 2.05 bits per heavy atom. The first-order chi connectivity index (χ1) is 9.95. The van der Waals surface area contributed by atoms with Gasteiger partial charge in [0, 0.05) is 16.6 Å². The van der Waals surface area contributed by atoms with E-state index < -0.39 is 17.7 Å². The van der Waals surface area contributed by atoms with Gasteiger partial charge in [-0.3, -0.25) is 4.79 Å². The number of nitrogens with one attached hydrogen (secondary N) is 1. The number of carboxylic acids is 1. The van der Waals surface area contributed by atoms with E-state index in [0.29, 0.717) is 9.75 Å². The van der Waals surface area contributed by atoms with E-state index in [2.05, 4.69) is 5.32 Å². The number of thiophene rings is 1. The lowest BCUT2D eigenvalue weighted by Gasteiger charge is -2.04. The molecule has 1 aromatic heterocycles. The number of amides is 1. The Balaban J connectivity index is 2.10. The maximum atomic E-state index is 13.3. The lowest BCUT2D eigenvalue weighted by atomic mass is 10.3. The second-order valence-electron chi connectivity index (χ2n) is 3.96. The number of rotatable bonds is 4. The van der Waals surface area contributed by atoms with E-state index in [1.807, 2.05) is 0 Å². The van der Waals surface area contributed by atoms with E-state index in [1.165, 1.54) is 18.2 Å². The number of anilines is 1. The maximum Gasteiger partial charge on any atom is 0.328 e. The van der Waals surface area contributed by atoms with Crippen molar-refractivity contribution in [2.45, 2.75) is 0 Å². The smallest absolute Gasteiger partial charge is 0.328 e. The number of carbonyl (C=O) groups excluding carboxylic acids is 1. The monoisotopic (exact) mass is 325 g/mol. The van der Waals surface area contributed by atoms with Crippen molar-refractivity contribution in [3.63, 3.8) is 0 Å². The molecule has 1 aromatic carbocycles. The van der Waals surface area contributed by atoms with Gasteiger partial charge in [-0.25, -0.2) is 9.18 Å². The van der Waals surface area contributed by atoms with Crippen molar-refractivity contribution in [3.8, 4) is 0 Å². The molecule has 0 aliphatic rings. The first-order valence-corrected chi connectivity index (χ1v) is 6.92. The molecule has 1 heterocycles. The summed E-state index contributed by atoms with van der Waals surface area (Å²) < 4.78 is 13.3. The van der Waals surface area contributed by atoms with E-state index in [1.54, 1.807) is 12.1 Å². The first-order valence-electron chi connectivity index (χ1n) is 5.73. The van der Waals surface area contributed by atoms with Crippen LogP contribution >= 0.6 is 22.9 Å². The van der Waals surface area contributed by atoms with Crippen LogP contribution in [0.3, 0.4) is 0 Å². The molecule has 0 atom stereocenters. The average molecular weight is 326 g/mol. The van der Waals surface area contributed by atoms with Crippen molar-refractivity contribution in [1.82, 2.24) is 0 Å². The largest absolute Gasteiger partial charge is 0.478 e. The summed E-state index contributed by atoms with van der Waals surface area (Å²) in [5.74, 6) is -2.09. The zero-order valence-electron chi connectivity index (χ0n) is 10.5. The Labute approximate surface area is 128 Å². The molecule has 0 saturated carbocycles. The molecule has 0 radical (unpaired) electrons. The fourth-order valence-electron chi connectivity index (χ4n) is 1.48. The zero-order chi connectivity index (χ0) is 15.4. The van der Waals surface area contributed by atoms with Crippen LogP contribution in [0.1, 0.15) is 14.5 Å². The van der Waals surface area contributed by atoms with Crippen LogP contribution in [0.5, 0.6) is 0 Å². The van der Waals surface area contributed by atoms with Gasteiger partial charge in [-0.05, 0) is 36.4 Å². The molecular formula is C14H9ClFNO3S. The lowest BCUT2D eigenvalue weighted by molar-refractivity contribution is -0.131. The van der Waals surface area contributed by atoms with Crippen LogP contribution in [0.15, 0.2) is 36.4 Å². The van der Waals surface area contributed by atoms with Gasteiger partial charge >= 0.3 is 5.97 Å². The topological polar surface area (TPSA) is 66.4 Å². The van der Waals surface area contributed by atoms with Gasteiger partial charge in [0.1, 0.15) is 5.82 Å². The minimum absolute atomic E-state index is 0.0229. The fraction of sp³-hybridized carbons (Fsp3) is 0. The van der Waals surface area contributed by atoms with E-state index in [4.69, 9.17) is 16.7 Å². The van der Waals surface area contributed by atoms with Crippen LogP contribution in [0, 0.1) is 5.82 Å². The summed E-state index contributed by atoms with van der Waals surface area (Å²) >= 11 is 6.68. The Hall–Kier alpha value is -2.18. The highest BCUT2D eigenvalue weighted by molar-refractivity contribution is 7.15. The predicted molar refractivity (Wildman–Crippen MR) is 80.4 cm³/mol. The van der Waals surface area contributed by atoms with Crippen molar-refractivity contribution in [1.29, 1.82) is 0 Å². The van der Waals surface area contributed by atoms with Crippen LogP contribution in [0.25, 0.3) is 6.08 Å². The highest BCUT2D eigenvalue weighted by atomic mass is 35.5. The van der Waals surface area contributed by atoms with E-state index in [0.717, 1.165) is 23.5 Å². The summed E-state index contributed by atoms with van der Waals surface area (Å²) in [7, 11) is 0. The minimum Gasteiger partial charge on any atom is -0.478 e. The summed E-state index contributed by atoms with van der Waals surface area (Å²) in [5.41, 5.74) is 0.290. The highest BCUT2D eigenvalue weighted by Crippen LogP contribution is 2.22. The fourth-order valence-corrected chi connectivity index (χ4v) is 2.41. The Kier molecular flexibility index (Phi) is 4.72. The quantitative estimate of drug-likeness (QED) is 0.838. The standard InChI is InChI=1S/C14H9ClFNO3S/c15-10-4-1-8(7-11(10)16)17-14(20)12-5-2-9(21-12)3-6-13(18)19/h1-7H,(H,17,20)(H,18,19). The normalized spacial score (nSPS) is 10.8. The average Bonchev–Trinajstić information content (AvgIpc) is 2.89. The van der Waals surface area contributed by atoms with E-state index in [9.17, 15) is 14.0 Å². The van der Waals surface area contributed by atoms with Crippen molar-refractivity contribution in [3.05, 3.63) is 57.0 Å². The summed E-state index contributed by atoms with van der Waals surface area (Å²) in [6.07, 6.45) is 2.38. The molecule has 0 bridgehead atoms. The van der Waals surface area contributed by atoms with Crippen LogP contribution in [-0.4, -0.2) is 17.0 Å². The molecule has 7 heteroatoms. The van der Waals surface area contributed by atoms with Gasteiger partial charge in [0.05, 0.1) is 9.90 Å². The van der Waals surface area contributed by atoms with Crippen LogP contribution < -0.4 is 5.32 Å². The third-order valence-electron chi connectivity index (χ3n) is 2.42. The molecule has 4 nitrogen and oxygen atoms in total. The van der Waals surface area contributed by atoms with Crippen LogP contribution in [0.2, 0.25) is 5.02 Å². The number of halogens is 2. The summed E-state index contributed by atoms with van der Waals surface area (Å²) in [4.78, 5) is 23.4.